The van der Waals surface area contributed by atoms with Crippen molar-refractivity contribution in [3.63, 3.8) is 0 Å². The highest BCUT2D eigenvalue weighted by Gasteiger charge is 2.18. The fraction of sp³-hybridized carbons (Fsp3) is 0.0833. The number of sulfone groups is 1. The minimum Gasteiger partial charge on any atom is -0.457 e. The number of benzene rings is 1. The Balaban J connectivity index is 2.25. The molecule has 0 saturated heterocycles. The van der Waals surface area contributed by atoms with Gasteiger partial charge < -0.3 is 4.42 Å². The first kappa shape index (κ1) is 13.9. The Morgan fingerprint density at radius 3 is 2.30 bits per heavy atom. The normalized spacial score (nSPS) is 11.2. The molecule has 1 heterocycles. The van der Waals surface area contributed by atoms with Gasteiger partial charge in [-0.15, -0.1) is 0 Å². The van der Waals surface area contributed by atoms with Gasteiger partial charge in [-0.05, 0) is 24.3 Å². The zero-order valence-corrected chi connectivity index (χ0v) is 10.9. The van der Waals surface area contributed by atoms with Crippen LogP contribution in [0.2, 0.25) is 0 Å². The Kier molecular flexibility index (Phi) is 3.66. The summed E-state index contributed by atoms with van der Waals surface area (Å²) in [5.74, 6) is -0.247. The lowest BCUT2D eigenvalue weighted by Crippen LogP contribution is -2.04. The standard InChI is InChI=1S/C12H9NO6S/c14-7-10-3-4-11(19-10)8-20(17,18)12-5-1-9(2-6-12)13(15)16/h1-7H,8H2. The molecule has 7 nitrogen and oxygen atoms in total. The summed E-state index contributed by atoms with van der Waals surface area (Å²) < 4.78 is 29.1. The van der Waals surface area contributed by atoms with Crippen molar-refractivity contribution in [2.75, 3.05) is 0 Å². The van der Waals surface area contributed by atoms with E-state index in [2.05, 4.69) is 0 Å². The average Bonchev–Trinajstić information content (AvgIpc) is 2.85. The van der Waals surface area contributed by atoms with Gasteiger partial charge in [-0.1, -0.05) is 0 Å². The van der Waals surface area contributed by atoms with Gasteiger partial charge >= 0.3 is 0 Å². The van der Waals surface area contributed by atoms with Crippen LogP contribution in [0.4, 0.5) is 5.69 Å². The van der Waals surface area contributed by atoms with E-state index in [-0.39, 0.29) is 22.1 Å². The molecule has 0 amide bonds. The van der Waals surface area contributed by atoms with Crippen molar-refractivity contribution in [3.05, 3.63) is 58.0 Å². The molecule has 0 saturated carbocycles. The van der Waals surface area contributed by atoms with E-state index in [1.807, 2.05) is 0 Å². The average molecular weight is 295 g/mol. The van der Waals surface area contributed by atoms with Gasteiger partial charge in [0.05, 0.1) is 9.82 Å². The first-order chi connectivity index (χ1) is 9.42. The third-order valence-corrected chi connectivity index (χ3v) is 4.19. The number of hydrogen-bond donors (Lipinski definition) is 0. The van der Waals surface area contributed by atoms with E-state index in [0.29, 0.717) is 6.29 Å². The van der Waals surface area contributed by atoms with Crippen molar-refractivity contribution in [1.82, 2.24) is 0 Å². The first-order valence-electron chi connectivity index (χ1n) is 5.43. The Hall–Kier alpha value is -2.48. The molecule has 0 fully saturated rings. The molecule has 1 aromatic heterocycles. The van der Waals surface area contributed by atoms with Crippen molar-refractivity contribution in [1.29, 1.82) is 0 Å². The number of carbonyl (C=O) groups excluding carboxylic acids is 1. The summed E-state index contributed by atoms with van der Waals surface area (Å²) in [6, 6.07) is 7.33. The van der Waals surface area contributed by atoms with Crippen LogP contribution in [0.25, 0.3) is 0 Å². The lowest BCUT2D eigenvalue weighted by atomic mass is 10.3. The number of nitro groups is 1. The molecule has 0 spiro atoms. The number of furan rings is 1. The maximum absolute atomic E-state index is 12.1. The number of nitrogens with zero attached hydrogens (tertiary/aromatic N) is 1. The second-order valence-electron chi connectivity index (χ2n) is 3.93. The molecule has 0 atom stereocenters. The Morgan fingerprint density at radius 2 is 1.80 bits per heavy atom. The molecule has 20 heavy (non-hydrogen) atoms. The summed E-state index contributed by atoms with van der Waals surface area (Å²) in [6.45, 7) is 0. The summed E-state index contributed by atoms with van der Waals surface area (Å²) in [4.78, 5) is 20.3. The van der Waals surface area contributed by atoms with Crippen molar-refractivity contribution in [2.45, 2.75) is 10.6 Å². The first-order valence-corrected chi connectivity index (χ1v) is 7.09. The monoisotopic (exact) mass is 295 g/mol. The summed E-state index contributed by atoms with van der Waals surface area (Å²) >= 11 is 0. The Morgan fingerprint density at radius 1 is 1.15 bits per heavy atom. The number of non-ortho nitro benzene ring substituents is 1. The quantitative estimate of drug-likeness (QED) is 0.474. The molecular weight excluding hydrogens is 286 g/mol. The largest absolute Gasteiger partial charge is 0.457 e. The number of hydrogen-bond acceptors (Lipinski definition) is 6. The van der Waals surface area contributed by atoms with Gasteiger partial charge in [0.15, 0.2) is 21.9 Å². The molecule has 1 aromatic carbocycles. The van der Waals surface area contributed by atoms with E-state index in [4.69, 9.17) is 4.42 Å². The summed E-state index contributed by atoms with van der Waals surface area (Å²) in [5.41, 5.74) is -0.190. The van der Waals surface area contributed by atoms with Crippen molar-refractivity contribution >= 4 is 21.8 Å². The minimum absolute atomic E-state index is 0.0406. The number of carbonyl (C=O) groups is 1. The topological polar surface area (TPSA) is 107 Å². The van der Waals surface area contributed by atoms with Crippen molar-refractivity contribution in [3.8, 4) is 0 Å². The van der Waals surface area contributed by atoms with Crippen LogP contribution < -0.4 is 0 Å². The highest BCUT2D eigenvalue weighted by Crippen LogP contribution is 2.20. The van der Waals surface area contributed by atoms with Gasteiger partial charge in [-0.2, -0.15) is 0 Å². The summed E-state index contributed by atoms with van der Waals surface area (Å²) in [5, 5.41) is 10.5. The molecule has 0 aliphatic carbocycles. The van der Waals surface area contributed by atoms with Gasteiger partial charge in [0.1, 0.15) is 11.5 Å². The molecule has 104 valence electrons. The van der Waals surface area contributed by atoms with Crippen LogP contribution in [0.3, 0.4) is 0 Å². The molecule has 2 aromatic rings. The molecule has 0 bridgehead atoms. The molecule has 0 aliphatic heterocycles. The number of nitro benzene ring substituents is 1. The fourth-order valence-corrected chi connectivity index (χ4v) is 2.83. The van der Waals surface area contributed by atoms with Gasteiger partial charge in [0.2, 0.25) is 0 Å². The predicted octanol–water partition coefficient (Wildman–Crippen LogP) is 1.97. The lowest BCUT2D eigenvalue weighted by molar-refractivity contribution is -0.384. The summed E-state index contributed by atoms with van der Waals surface area (Å²) in [6.07, 6.45) is 0.474. The summed E-state index contributed by atoms with van der Waals surface area (Å²) in [7, 11) is -3.68. The SMILES string of the molecule is O=Cc1ccc(CS(=O)(=O)c2ccc([N+](=O)[O-])cc2)o1. The van der Waals surface area contributed by atoms with Crippen molar-refractivity contribution < 1.29 is 22.6 Å². The van der Waals surface area contributed by atoms with Crippen LogP contribution in [0.1, 0.15) is 16.3 Å². The molecule has 0 radical (unpaired) electrons. The predicted molar refractivity (Wildman–Crippen MR) is 68.1 cm³/mol. The second-order valence-corrected chi connectivity index (χ2v) is 5.92. The van der Waals surface area contributed by atoms with Crippen LogP contribution >= 0.6 is 0 Å². The highest BCUT2D eigenvalue weighted by atomic mass is 32.2. The zero-order valence-electron chi connectivity index (χ0n) is 10.1. The van der Waals surface area contributed by atoms with E-state index in [0.717, 1.165) is 24.3 Å². The Labute approximate surface area is 113 Å². The van der Waals surface area contributed by atoms with E-state index in [9.17, 15) is 23.3 Å². The van der Waals surface area contributed by atoms with Crippen LogP contribution in [0.5, 0.6) is 0 Å². The maximum atomic E-state index is 12.1. The molecule has 0 unspecified atom stereocenters. The van der Waals surface area contributed by atoms with E-state index >= 15 is 0 Å². The van der Waals surface area contributed by atoms with E-state index < -0.39 is 20.5 Å². The lowest BCUT2D eigenvalue weighted by Gasteiger charge is -2.02. The number of aldehydes is 1. The number of rotatable bonds is 5. The Bertz CT molecular complexity index is 745. The smallest absolute Gasteiger partial charge is 0.269 e. The van der Waals surface area contributed by atoms with Crippen LogP contribution in [0, 0.1) is 10.1 Å². The molecule has 8 heteroatoms. The van der Waals surface area contributed by atoms with Gasteiger partial charge in [0.25, 0.3) is 5.69 Å². The molecule has 2 rings (SSSR count). The van der Waals surface area contributed by atoms with E-state index in [1.54, 1.807) is 0 Å². The molecular formula is C12H9NO6S. The zero-order chi connectivity index (χ0) is 14.8. The van der Waals surface area contributed by atoms with Crippen molar-refractivity contribution in [2.24, 2.45) is 0 Å². The van der Waals surface area contributed by atoms with Gasteiger partial charge in [-0.25, -0.2) is 8.42 Å². The van der Waals surface area contributed by atoms with Gasteiger partial charge in [0, 0.05) is 12.1 Å². The molecule has 0 aliphatic rings. The van der Waals surface area contributed by atoms with Gasteiger partial charge in [-0.3, -0.25) is 14.9 Å². The third-order valence-electron chi connectivity index (χ3n) is 2.54. The van der Waals surface area contributed by atoms with Crippen LogP contribution in [0.15, 0.2) is 45.7 Å². The highest BCUT2D eigenvalue weighted by molar-refractivity contribution is 7.90. The van der Waals surface area contributed by atoms with Crippen LogP contribution in [-0.4, -0.2) is 19.6 Å². The van der Waals surface area contributed by atoms with E-state index in [1.165, 1.54) is 12.1 Å². The minimum atomic E-state index is -3.68. The second kappa shape index (κ2) is 5.25. The maximum Gasteiger partial charge on any atom is 0.269 e. The fourth-order valence-electron chi connectivity index (χ4n) is 1.58. The third kappa shape index (κ3) is 2.91. The van der Waals surface area contributed by atoms with Crippen LogP contribution in [-0.2, 0) is 15.6 Å². The molecule has 0 N–H and O–H groups in total.